The minimum absolute atomic E-state index is 0.0132. The summed E-state index contributed by atoms with van der Waals surface area (Å²) in [6.45, 7) is 7.65. The fourth-order valence-electron chi connectivity index (χ4n) is 2.88. The second kappa shape index (κ2) is 6.73. The van der Waals surface area contributed by atoms with E-state index in [2.05, 4.69) is 37.6 Å². The standard InChI is InChI=1S/C17H23N3O/c1-12-9-13(2)14(3)20(11-12)17(21)16-7-6-15(10-19-16)5-4-8-18/h6-7,10,12-14H,8-9,11,18H2,1-3H3. The van der Waals surface area contributed by atoms with Crippen molar-refractivity contribution in [2.45, 2.75) is 33.2 Å². The van der Waals surface area contributed by atoms with Gasteiger partial charge in [0.2, 0.25) is 0 Å². The van der Waals surface area contributed by atoms with Gasteiger partial charge in [-0.05, 0) is 37.3 Å². The molecule has 1 saturated heterocycles. The number of hydrogen-bond acceptors (Lipinski definition) is 3. The van der Waals surface area contributed by atoms with Crippen molar-refractivity contribution in [3.8, 4) is 11.8 Å². The molecule has 0 radical (unpaired) electrons. The lowest BCUT2D eigenvalue weighted by molar-refractivity contribution is 0.0450. The minimum Gasteiger partial charge on any atom is -0.334 e. The number of nitrogens with two attached hydrogens (primary N) is 1. The molecule has 1 fully saturated rings. The molecule has 0 saturated carbocycles. The van der Waals surface area contributed by atoms with Gasteiger partial charge >= 0.3 is 0 Å². The summed E-state index contributed by atoms with van der Waals surface area (Å²) < 4.78 is 0. The Morgan fingerprint density at radius 2 is 2.19 bits per heavy atom. The molecule has 3 atom stereocenters. The zero-order valence-electron chi connectivity index (χ0n) is 13.0. The molecule has 2 heterocycles. The first-order chi connectivity index (χ1) is 10.0. The summed E-state index contributed by atoms with van der Waals surface area (Å²) in [6.07, 6.45) is 2.81. The number of aromatic nitrogens is 1. The molecule has 112 valence electrons. The van der Waals surface area contributed by atoms with E-state index < -0.39 is 0 Å². The van der Waals surface area contributed by atoms with Gasteiger partial charge in [-0.2, -0.15) is 0 Å². The fraction of sp³-hybridized carbons (Fsp3) is 0.529. The third-order valence-corrected chi connectivity index (χ3v) is 4.18. The van der Waals surface area contributed by atoms with Crippen molar-refractivity contribution in [3.63, 3.8) is 0 Å². The molecule has 1 aliphatic rings. The third-order valence-electron chi connectivity index (χ3n) is 4.18. The number of piperidine rings is 1. The highest BCUT2D eigenvalue weighted by Crippen LogP contribution is 2.27. The minimum atomic E-state index is 0.0132. The third kappa shape index (κ3) is 3.62. The second-order valence-corrected chi connectivity index (χ2v) is 5.95. The molecule has 2 N–H and O–H groups in total. The van der Waals surface area contributed by atoms with E-state index in [1.54, 1.807) is 12.3 Å². The Morgan fingerprint density at radius 1 is 1.43 bits per heavy atom. The van der Waals surface area contributed by atoms with Crippen LogP contribution in [-0.2, 0) is 0 Å². The summed E-state index contributed by atoms with van der Waals surface area (Å²) in [5.74, 6) is 6.76. The van der Waals surface area contributed by atoms with Gasteiger partial charge < -0.3 is 10.6 Å². The van der Waals surface area contributed by atoms with Crippen molar-refractivity contribution < 1.29 is 4.79 Å². The van der Waals surface area contributed by atoms with E-state index >= 15 is 0 Å². The van der Waals surface area contributed by atoms with Crippen LogP contribution in [0.25, 0.3) is 0 Å². The molecular weight excluding hydrogens is 262 g/mol. The topological polar surface area (TPSA) is 59.2 Å². The monoisotopic (exact) mass is 285 g/mol. The molecule has 0 bridgehead atoms. The van der Waals surface area contributed by atoms with E-state index in [1.165, 1.54) is 6.42 Å². The molecular formula is C17H23N3O. The Balaban J connectivity index is 2.15. The lowest BCUT2D eigenvalue weighted by Crippen LogP contribution is -2.49. The van der Waals surface area contributed by atoms with Crippen molar-refractivity contribution in [2.75, 3.05) is 13.1 Å². The van der Waals surface area contributed by atoms with E-state index in [1.807, 2.05) is 11.0 Å². The van der Waals surface area contributed by atoms with Gasteiger partial charge in [0.05, 0.1) is 6.54 Å². The van der Waals surface area contributed by atoms with Crippen molar-refractivity contribution in [3.05, 3.63) is 29.6 Å². The lowest BCUT2D eigenvalue weighted by Gasteiger charge is -2.40. The smallest absolute Gasteiger partial charge is 0.272 e. The van der Waals surface area contributed by atoms with Crippen LogP contribution >= 0.6 is 0 Å². The first kappa shape index (κ1) is 15.5. The van der Waals surface area contributed by atoms with Crippen LogP contribution in [0.2, 0.25) is 0 Å². The van der Waals surface area contributed by atoms with Crippen LogP contribution < -0.4 is 5.73 Å². The van der Waals surface area contributed by atoms with Crippen LogP contribution in [-0.4, -0.2) is 34.9 Å². The largest absolute Gasteiger partial charge is 0.334 e. The van der Waals surface area contributed by atoms with Gasteiger partial charge in [0.1, 0.15) is 5.69 Å². The Morgan fingerprint density at radius 3 is 2.81 bits per heavy atom. The van der Waals surface area contributed by atoms with Crippen LogP contribution in [0, 0.1) is 23.7 Å². The molecule has 0 spiro atoms. The number of carbonyl (C=O) groups is 1. The number of rotatable bonds is 1. The van der Waals surface area contributed by atoms with Gasteiger partial charge in [-0.3, -0.25) is 4.79 Å². The van der Waals surface area contributed by atoms with Gasteiger partial charge in [0, 0.05) is 24.3 Å². The van der Waals surface area contributed by atoms with E-state index in [0.717, 1.165) is 12.1 Å². The summed E-state index contributed by atoms with van der Waals surface area (Å²) in [7, 11) is 0. The van der Waals surface area contributed by atoms with Gasteiger partial charge in [-0.1, -0.05) is 25.7 Å². The summed E-state index contributed by atoms with van der Waals surface area (Å²) >= 11 is 0. The highest BCUT2D eigenvalue weighted by Gasteiger charge is 2.32. The van der Waals surface area contributed by atoms with E-state index in [4.69, 9.17) is 5.73 Å². The Kier molecular flexibility index (Phi) is 4.98. The lowest BCUT2D eigenvalue weighted by atomic mass is 9.86. The summed E-state index contributed by atoms with van der Waals surface area (Å²) in [4.78, 5) is 18.8. The van der Waals surface area contributed by atoms with Crippen molar-refractivity contribution in [1.29, 1.82) is 0 Å². The fourth-order valence-corrected chi connectivity index (χ4v) is 2.88. The van der Waals surface area contributed by atoms with Crippen molar-refractivity contribution >= 4 is 5.91 Å². The average Bonchev–Trinajstić information content (AvgIpc) is 2.48. The van der Waals surface area contributed by atoms with Crippen LogP contribution in [0.1, 0.15) is 43.2 Å². The summed E-state index contributed by atoms with van der Waals surface area (Å²) in [5.41, 5.74) is 6.61. The molecule has 1 amide bonds. The molecule has 4 nitrogen and oxygen atoms in total. The van der Waals surface area contributed by atoms with Crippen LogP contribution in [0.15, 0.2) is 18.3 Å². The van der Waals surface area contributed by atoms with Gasteiger partial charge in [-0.15, -0.1) is 0 Å². The van der Waals surface area contributed by atoms with Gasteiger partial charge in [-0.25, -0.2) is 4.98 Å². The maximum absolute atomic E-state index is 12.6. The van der Waals surface area contributed by atoms with Crippen LogP contribution in [0.4, 0.5) is 0 Å². The molecule has 21 heavy (non-hydrogen) atoms. The number of pyridine rings is 1. The Labute approximate surface area is 126 Å². The van der Waals surface area contributed by atoms with E-state index in [0.29, 0.717) is 24.1 Å². The van der Waals surface area contributed by atoms with Crippen molar-refractivity contribution in [2.24, 2.45) is 17.6 Å². The predicted molar refractivity (Wildman–Crippen MR) is 83.6 cm³/mol. The Bertz CT molecular complexity index is 556. The zero-order chi connectivity index (χ0) is 15.4. The van der Waals surface area contributed by atoms with E-state index in [9.17, 15) is 4.79 Å². The first-order valence-corrected chi connectivity index (χ1v) is 7.49. The number of nitrogens with zero attached hydrogens (tertiary/aromatic N) is 2. The summed E-state index contributed by atoms with van der Waals surface area (Å²) in [5, 5.41) is 0. The number of amides is 1. The molecule has 1 aromatic rings. The maximum atomic E-state index is 12.6. The molecule has 1 aromatic heterocycles. The predicted octanol–water partition coefficient (Wildman–Crippen LogP) is 1.90. The number of likely N-dealkylation sites (tertiary alicyclic amines) is 1. The maximum Gasteiger partial charge on any atom is 0.272 e. The average molecular weight is 285 g/mol. The molecule has 0 aliphatic carbocycles. The summed E-state index contributed by atoms with van der Waals surface area (Å²) in [6, 6.07) is 3.83. The molecule has 3 unspecified atom stereocenters. The van der Waals surface area contributed by atoms with Crippen molar-refractivity contribution in [1.82, 2.24) is 9.88 Å². The molecule has 2 rings (SSSR count). The highest BCUT2D eigenvalue weighted by molar-refractivity contribution is 5.92. The van der Waals surface area contributed by atoms with Crippen LogP contribution in [0.3, 0.4) is 0 Å². The van der Waals surface area contributed by atoms with Gasteiger partial charge in [0.25, 0.3) is 5.91 Å². The molecule has 4 heteroatoms. The second-order valence-electron chi connectivity index (χ2n) is 5.95. The first-order valence-electron chi connectivity index (χ1n) is 7.49. The Hall–Kier alpha value is -1.86. The van der Waals surface area contributed by atoms with E-state index in [-0.39, 0.29) is 11.9 Å². The zero-order valence-corrected chi connectivity index (χ0v) is 13.0. The quantitative estimate of drug-likeness (QED) is 0.802. The highest BCUT2D eigenvalue weighted by atomic mass is 16.2. The molecule has 0 aromatic carbocycles. The molecule has 1 aliphatic heterocycles. The van der Waals surface area contributed by atoms with Gasteiger partial charge in [0.15, 0.2) is 0 Å². The van der Waals surface area contributed by atoms with Crippen LogP contribution in [0.5, 0.6) is 0 Å². The number of hydrogen-bond donors (Lipinski definition) is 1. The number of carbonyl (C=O) groups excluding carboxylic acids is 1. The SMILES string of the molecule is CC1CC(C)C(C)N(C(=O)c2ccc(C#CCN)cn2)C1. The normalized spacial score (nSPS) is 25.1.